The van der Waals surface area contributed by atoms with Gasteiger partial charge >= 0.3 is 0 Å². The van der Waals surface area contributed by atoms with Crippen LogP contribution in [0.3, 0.4) is 0 Å². The first kappa shape index (κ1) is 30.9. The molecule has 0 aliphatic carbocycles. The van der Waals surface area contributed by atoms with Crippen molar-refractivity contribution in [1.29, 1.82) is 0 Å². The van der Waals surface area contributed by atoms with E-state index in [0.29, 0.717) is 5.82 Å². The van der Waals surface area contributed by atoms with Gasteiger partial charge in [-0.05, 0) is 86.5 Å². The molecule has 6 aromatic carbocycles. The Bertz CT molecular complexity index is 2440. The molecule has 0 N–H and O–H groups in total. The van der Waals surface area contributed by atoms with Crippen LogP contribution in [0.15, 0.2) is 182 Å². The Hall–Kier alpha value is -6.45. The van der Waals surface area contributed by atoms with Crippen LogP contribution in [-0.4, -0.2) is 15.0 Å². The summed E-state index contributed by atoms with van der Waals surface area (Å²) < 4.78 is 0. The second kappa shape index (κ2) is 14.0. The summed E-state index contributed by atoms with van der Waals surface area (Å²) in [4.78, 5) is 14.6. The van der Waals surface area contributed by atoms with Crippen LogP contribution >= 0.6 is 0 Å². The molecule has 0 atom stereocenters. The first-order chi connectivity index (χ1) is 24.8. The second-order valence-corrected chi connectivity index (χ2v) is 12.3. The minimum atomic E-state index is 0.692. The van der Waals surface area contributed by atoms with Crippen LogP contribution in [-0.2, 0) is 6.42 Å². The highest BCUT2D eigenvalue weighted by atomic mass is 14.9. The van der Waals surface area contributed by atoms with Gasteiger partial charge in [0.1, 0.15) is 0 Å². The summed E-state index contributed by atoms with van der Waals surface area (Å²) in [5.41, 5.74) is 10.8. The van der Waals surface area contributed by atoms with E-state index in [-0.39, 0.29) is 0 Å². The molecule has 0 unspecified atom stereocenters. The topological polar surface area (TPSA) is 38.7 Å². The van der Waals surface area contributed by atoms with Crippen LogP contribution in [0.5, 0.6) is 0 Å². The lowest BCUT2D eigenvalue weighted by Crippen LogP contribution is -1.98. The van der Waals surface area contributed by atoms with Crippen LogP contribution in [0.1, 0.15) is 18.2 Å². The first-order valence-electron chi connectivity index (χ1n) is 17.0. The van der Waals surface area contributed by atoms with Crippen LogP contribution in [0.25, 0.3) is 72.0 Å². The van der Waals surface area contributed by atoms with E-state index in [4.69, 9.17) is 9.97 Å². The summed E-state index contributed by atoms with van der Waals surface area (Å²) in [6, 6.07) is 53.5. The molecule has 0 bridgehead atoms. The molecule has 50 heavy (non-hydrogen) atoms. The van der Waals surface area contributed by atoms with Crippen LogP contribution < -0.4 is 0 Å². The molecule has 8 rings (SSSR count). The summed E-state index contributed by atoms with van der Waals surface area (Å²) in [6.07, 6.45) is 10.9. The molecule has 0 aliphatic heterocycles. The third kappa shape index (κ3) is 6.13. The normalized spacial score (nSPS) is 11.8. The van der Waals surface area contributed by atoms with Gasteiger partial charge in [0, 0.05) is 23.5 Å². The Kier molecular flexibility index (Phi) is 8.61. The molecule has 0 radical (unpaired) electrons. The van der Waals surface area contributed by atoms with Crippen molar-refractivity contribution < 1.29 is 0 Å². The lowest BCUT2D eigenvalue weighted by atomic mass is 9.85. The largest absolute Gasteiger partial charge is 0.264 e. The SMILES string of the molecule is C/C=C(\C=C/Cc1cccnc1)c1cc(-c2ccccc2)nc(-c2cccc(-c3c4ccccc4c(-c4ccccc4)c4ccccc34)c2)n1. The molecule has 0 spiro atoms. The fourth-order valence-electron chi connectivity index (χ4n) is 6.82. The zero-order valence-corrected chi connectivity index (χ0v) is 27.9. The van der Waals surface area contributed by atoms with Crippen molar-refractivity contribution >= 4 is 27.1 Å². The van der Waals surface area contributed by atoms with Gasteiger partial charge in [0.15, 0.2) is 5.82 Å². The van der Waals surface area contributed by atoms with Crippen molar-refractivity contribution in [2.45, 2.75) is 13.3 Å². The number of benzene rings is 6. The van der Waals surface area contributed by atoms with Gasteiger partial charge in [0.05, 0.1) is 11.4 Å². The van der Waals surface area contributed by atoms with E-state index in [1.807, 2.05) is 18.3 Å². The highest BCUT2D eigenvalue weighted by Crippen LogP contribution is 2.44. The summed E-state index contributed by atoms with van der Waals surface area (Å²) in [6.45, 7) is 2.06. The number of nitrogens with zero attached hydrogens (tertiary/aromatic N) is 3. The van der Waals surface area contributed by atoms with E-state index < -0.39 is 0 Å². The van der Waals surface area contributed by atoms with Crippen LogP contribution in [0.2, 0.25) is 0 Å². The Labute approximate surface area is 293 Å². The van der Waals surface area contributed by atoms with E-state index >= 15 is 0 Å². The molecule has 238 valence electrons. The van der Waals surface area contributed by atoms with Crippen molar-refractivity contribution in [1.82, 2.24) is 15.0 Å². The molecule has 0 aliphatic rings. The van der Waals surface area contributed by atoms with Crippen molar-refractivity contribution in [3.05, 3.63) is 194 Å². The standard InChI is InChI=1S/C47H35N3/c1-2-34(22-13-16-33-17-15-29-48-32-33)43-31-44(35-18-5-3-6-19-35)50-47(49-43)38-24-14-23-37(30-38)46-41-27-11-9-25-39(41)45(36-20-7-4-8-21-36)40-26-10-12-28-42(40)46/h2-15,17-32H,16H2,1H3/b22-13-,34-2+. The Morgan fingerprint density at radius 2 is 1.12 bits per heavy atom. The van der Waals surface area contributed by atoms with E-state index in [9.17, 15) is 0 Å². The number of hydrogen-bond acceptors (Lipinski definition) is 3. The Morgan fingerprint density at radius 1 is 0.540 bits per heavy atom. The average Bonchev–Trinajstić information content (AvgIpc) is 3.19. The molecule has 8 aromatic rings. The summed E-state index contributed by atoms with van der Waals surface area (Å²) >= 11 is 0. The molecule has 0 saturated carbocycles. The van der Waals surface area contributed by atoms with E-state index in [1.54, 1.807) is 6.20 Å². The molecule has 3 nitrogen and oxygen atoms in total. The van der Waals surface area contributed by atoms with Gasteiger partial charge in [0.2, 0.25) is 0 Å². The average molecular weight is 642 g/mol. The quantitative estimate of drug-likeness (QED) is 0.122. The molecule has 0 fully saturated rings. The van der Waals surface area contributed by atoms with Gasteiger partial charge < -0.3 is 0 Å². The van der Waals surface area contributed by atoms with Gasteiger partial charge in [-0.1, -0.05) is 152 Å². The van der Waals surface area contributed by atoms with Crippen molar-refractivity contribution in [2.24, 2.45) is 0 Å². The van der Waals surface area contributed by atoms with Crippen molar-refractivity contribution in [3.63, 3.8) is 0 Å². The maximum absolute atomic E-state index is 5.20. The lowest BCUT2D eigenvalue weighted by molar-refractivity contribution is 1.15. The first-order valence-corrected chi connectivity index (χ1v) is 17.0. The van der Waals surface area contributed by atoms with E-state index in [1.165, 1.54) is 43.8 Å². The van der Waals surface area contributed by atoms with Gasteiger partial charge in [-0.3, -0.25) is 4.98 Å². The van der Waals surface area contributed by atoms with Gasteiger partial charge in [0.25, 0.3) is 0 Å². The number of pyridine rings is 1. The number of rotatable bonds is 8. The zero-order valence-electron chi connectivity index (χ0n) is 27.9. The molecular weight excluding hydrogens is 607 g/mol. The molecule has 0 amide bonds. The van der Waals surface area contributed by atoms with Crippen LogP contribution in [0, 0.1) is 0 Å². The number of hydrogen-bond donors (Lipinski definition) is 0. The summed E-state index contributed by atoms with van der Waals surface area (Å²) in [5.74, 6) is 0.692. The van der Waals surface area contributed by atoms with E-state index in [2.05, 4.69) is 170 Å². The van der Waals surface area contributed by atoms with Crippen molar-refractivity contribution in [2.75, 3.05) is 0 Å². The highest BCUT2D eigenvalue weighted by Gasteiger charge is 2.18. The fourth-order valence-corrected chi connectivity index (χ4v) is 6.82. The Morgan fingerprint density at radius 3 is 1.74 bits per heavy atom. The predicted molar refractivity (Wildman–Crippen MR) is 210 cm³/mol. The third-order valence-electron chi connectivity index (χ3n) is 9.18. The maximum Gasteiger partial charge on any atom is 0.160 e. The van der Waals surface area contributed by atoms with Gasteiger partial charge in [-0.2, -0.15) is 0 Å². The number of allylic oxidation sites excluding steroid dienone is 4. The maximum atomic E-state index is 5.20. The smallest absolute Gasteiger partial charge is 0.160 e. The van der Waals surface area contributed by atoms with E-state index in [0.717, 1.165) is 40.1 Å². The predicted octanol–water partition coefficient (Wildman–Crippen LogP) is 12.0. The highest BCUT2D eigenvalue weighted by molar-refractivity contribution is 6.21. The Balaban J connectivity index is 1.28. The minimum absolute atomic E-state index is 0.692. The minimum Gasteiger partial charge on any atom is -0.264 e. The van der Waals surface area contributed by atoms with Crippen LogP contribution in [0.4, 0.5) is 0 Å². The second-order valence-electron chi connectivity index (χ2n) is 12.3. The zero-order chi connectivity index (χ0) is 33.7. The molecule has 3 heteroatoms. The molecule has 2 aromatic heterocycles. The summed E-state index contributed by atoms with van der Waals surface area (Å²) in [5, 5.41) is 4.91. The molecular formula is C47H35N3. The number of aromatic nitrogens is 3. The third-order valence-corrected chi connectivity index (χ3v) is 9.18. The van der Waals surface area contributed by atoms with Crippen molar-refractivity contribution in [3.8, 4) is 44.9 Å². The lowest BCUT2D eigenvalue weighted by Gasteiger charge is -2.18. The van der Waals surface area contributed by atoms with Gasteiger partial charge in [-0.15, -0.1) is 0 Å². The fraction of sp³-hybridized carbons (Fsp3) is 0.0426. The molecule has 0 saturated heterocycles. The van der Waals surface area contributed by atoms with Gasteiger partial charge in [-0.25, -0.2) is 9.97 Å². The number of fused-ring (bicyclic) bond motifs is 2. The summed E-state index contributed by atoms with van der Waals surface area (Å²) in [7, 11) is 0. The molecule has 2 heterocycles. The monoisotopic (exact) mass is 641 g/mol.